The minimum atomic E-state index is 0.306. The van der Waals surface area contributed by atoms with Gasteiger partial charge in [0, 0.05) is 22.2 Å². The van der Waals surface area contributed by atoms with Gasteiger partial charge >= 0.3 is 0 Å². The average molecular weight is 420 g/mol. The van der Waals surface area contributed by atoms with E-state index in [-0.39, 0.29) is 0 Å². The first kappa shape index (κ1) is 20.0. The van der Waals surface area contributed by atoms with Crippen LogP contribution in [0.25, 0.3) is 0 Å². The minimum absolute atomic E-state index is 0.306. The molecule has 0 spiro atoms. The molecule has 146 valence electrons. The number of nitrogens with zero attached hydrogens (tertiary/aromatic N) is 4. The van der Waals surface area contributed by atoms with Crippen molar-refractivity contribution in [3.63, 3.8) is 0 Å². The van der Waals surface area contributed by atoms with Crippen LogP contribution < -0.4 is 14.8 Å². The van der Waals surface area contributed by atoms with E-state index in [9.17, 15) is 0 Å². The van der Waals surface area contributed by atoms with Gasteiger partial charge < -0.3 is 14.8 Å². The van der Waals surface area contributed by atoms with Crippen LogP contribution in [0.4, 0.5) is 5.95 Å². The molecule has 0 bridgehead atoms. The van der Waals surface area contributed by atoms with Crippen molar-refractivity contribution in [2.24, 2.45) is 0 Å². The summed E-state index contributed by atoms with van der Waals surface area (Å²) in [4.78, 5) is 0. The molecule has 0 aliphatic heterocycles. The topological polar surface area (TPSA) is 74.1 Å². The van der Waals surface area contributed by atoms with Crippen molar-refractivity contribution in [3.8, 4) is 11.5 Å². The molecule has 0 atom stereocenters. The Bertz CT molecular complexity index is 961. The molecule has 9 heteroatoms. The average Bonchev–Trinajstić information content (AvgIpc) is 3.13. The highest BCUT2D eigenvalue weighted by atomic mass is 35.5. The van der Waals surface area contributed by atoms with E-state index in [4.69, 9.17) is 32.7 Å². The van der Waals surface area contributed by atoms with Crippen molar-refractivity contribution in [1.29, 1.82) is 0 Å². The number of hydrogen-bond acceptors (Lipinski definition) is 6. The standard InChI is InChI=1S/C19H19Cl2N5O2/c1-3-8-26-19(23-24-25-26)22-11-13-4-7-17(18(9-13)27-2)28-12-14-5-6-15(20)10-16(14)21/h3-7,9-10H,1,8,11-12H2,2H3,(H,22,23,25). The van der Waals surface area contributed by atoms with Crippen molar-refractivity contribution >= 4 is 29.2 Å². The number of ether oxygens (including phenoxy) is 2. The molecule has 0 unspecified atom stereocenters. The second-order valence-corrected chi connectivity index (χ2v) is 6.68. The number of methoxy groups -OCH3 is 1. The van der Waals surface area contributed by atoms with E-state index >= 15 is 0 Å². The van der Waals surface area contributed by atoms with Gasteiger partial charge in [-0.05, 0) is 40.3 Å². The predicted octanol–water partition coefficient (Wildman–Crippen LogP) is 4.37. The van der Waals surface area contributed by atoms with Crippen LogP contribution in [-0.2, 0) is 19.7 Å². The number of anilines is 1. The molecule has 28 heavy (non-hydrogen) atoms. The van der Waals surface area contributed by atoms with Crippen LogP contribution in [0.2, 0.25) is 10.0 Å². The lowest BCUT2D eigenvalue weighted by Crippen LogP contribution is -2.08. The van der Waals surface area contributed by atoms with Crippen LogP contribution in [0.3, 0.4) is 0 Å². The van der Waals surface area contributed by atoms with Gasteiger partial charge in [-0.2, -0.15) is 0 Å². The lowest BCUT2D eigenvalue weighted by atomic mass is 10.2. The van der Waals surface area contributed by atoms with Crippen molar-refractivity contribution in [1.82, 2.24) is 20.2 Å². The molecule has 1 aromatic heterocycles. The maximum atomic E-state index is 6.19. The monoisotopic (exact) mass is 419 g/mol. The summed E-state index contributed by atoms with van der Waals surface area (Å²) in [6.45, 7) is 5.04. The van der Waals surface area contributed by atoms with Gasteiger partial charge in [0.25, 0.3) is 0 Å². The van der Waals surface area contributed by atoms with Gasteiger partial charge in [0.2, 0.25) is 5.95 Å². The second-order valence-electron chi connectivity index (χ2n) is 5.84. The van der Waals surface area contributed by atoms with Crippen molar-refractivity contribution in [2.75, 3.05) is 12.4 Å². The first-order chi connectivity index (χ1) is 13.6. The zero-order valence-corrected chi connectivity index (χ0v) is 16.7. The molecule has 3 rings (SSSR count). The Morgan fingerprint density at radius 1 is 1.18 bits per heavy atom. The Balaban J connectivity index is 1.66. The molecule has 0 aliphatic carbocycles. The van der Waals surface area contributed by atoms with E-state index in [0.717, 1.165) is 11.1 Å². The fraction of sp³-hybridized carbons (Fsp3) is 0.211. The highest BCUT2D eigenvalue weighted by Crippen LogP contribution is 2.30. The third-order valence-corrected chi connectivity index (χ3v) is 4.50. The van der Waals surface area contributed by atoms with Gasteiger partial charge in [-0.3, -0.25) is 0 Å². The number of rotatable bonds is 9. The summed E-state index contributed by atoms with van der Waals surface area (Å²) in [5.74, 6) is 1.81. The Morgan fingerprint density at radius 2 is 2.04 bits per heavy atom. The third kappa shape index (κ3) is 4.94. The van der Waals surface area contributed by atoms with Crippen LogP contribution in [0.5, 0.6) is 11.5 Å². The fourth-order valence-corrected chi connectivity index (χ4v) is 2.96. The van der Waals surface area contributed by atoms with Crippen LogP contribution in [0.1, 0.15) is 11.1 Å². The van der Waals surface area contributed by atoms with Crippen molar-refractivity contribution in [3.05, 3.63) is 70.2 Å². The summed E-state index contributed by atoms with van der Waals surface area (Å²) < 4.78 is 13.0. The summed E-state index contributed by atoms with van der Waals surface area (Å²) in [6.07, 6.45) is 1.73. The molecule has 0 saturated heterocycles. The zero-order chi connectivity index (χ0) is 19.9. The predicted molar refractivity (Wildman–Crippen MR) is 109 cm³/mol. The highest BCUT2D eigenvalue weighted by molar-refractivity contribution is 6.35. The van der Waals surface area contributed by atoms with Gasteiger partial charge in [-0.15, -0.1) is 6.58 Å². The Morgan fingerprint density at radius 3 is 2.79 bits per heavy atom. The lowest BCUT2D eigenvalue weighted by molar-refractivity contribution is 0.284. The number of halogens is 2. The largest absolute Gasteiger partial charge is 0.493 e. The third-order valence-electron chi connectivity index (χ3n) is 3.91. The maximum Gasteiger partial charge on any atom is 0.243 e. The first-order valence-corrected chi connectivity index (χ1v) is 9.21. The number of allylic oxidation sites excluding steroid dienone is 1. The quantitative estimate of drug-likeness (QED) is 0.519. The van der Waals surface area contributed by atoms with E-state index in [0.29, 0.717) is 47.2 Å². The zero-order valence-electron chi connectivity index (χ0n) is 15.2. The van der Waals surface area contributed by atoms with Crippen LogP contribution >= 0.6 is 23.2 Å². The van der Waals surface area contributed by atoms with E-state index < -0.39 is 0 Å². The maximum absolute atomic E-state index is 6.19. The summed E-state index contributed by atoms with van der Waals surface area (Å²) in [6, 6.07) is 11.0. The van der Waals surface area contributed by atoms with E-state index in [1.807, 2.05) is 24.3 Å². The van der Waals surface area contributed by atoms with E-state index in [2.05, 4.69) is 27.4 Å². The summed E-state index contributed by atoms with van der Waals surface area (Å²) >= 11 is 12.1. The summed E-state index contributed by atoms with van der Waals surface area (Å²) in [7, 11) is 1.60. The molecule has 0 amide bonds. The number of benzene rings is 2. The Hall–Kier alpha value is -2.77. The SMILES string of the molecule is C=CCn1nnnc1NCc1ccc(OCc2ccc(Cl)cc2Cl)c(OC)c1. The molecule has 0 radical (unpaired) electrons. The number of aromatic nitrogens is 4. The summed E-state index contributed by atoms with van der Waals surface area (Å²) in [5.41, 5.74) is 1.83. The van der Waals surface area contributed by atoms with Gasteiger partial charge in [0.05, 0.1) is 13.7 Å². The van der Waals surface area contributed by atoms with Gasteiger partial charge in [-0.1, -0.05) is 46.5 Å². The Kier molecular flexibility index (Phi) is 6.73. The van der Waals surface area contributed by atoms with Gasteiger partial charge in [0.15, 0.2) is 11.5 Å². The second kappa shape index (κ2) is 9.43. The van der Waals surface area contributed by atoms with Crippen LogP contribution in [0, 0.1) is 0 Å². The van der Waals surface area contributed by atoms with Crippen molar-refractivity contribution in [2.45, 2.75) is 19.7 Å². The smallest absolute Gasteiger partial charge is 0.243 e. The fourth-order valence-electron chi connectivity index (χ4n) is 2.49. The van der Waals surface area contributed by atoms with Gasteiger partial charge in [0.1, 0.15) is 6.61 Å². The molecule has 1 heterocycles. The van der Waals surface area contributed by atoms with E-state index in [1.54, 1.807) is 30.0 Å². The molecule has 3 aromatic rings. The molecular weight excluding hydrogens is 401 g/mol. The molecule has 2 aromatic carbocycles. The molecule has 7 nitrogen and oxygen atoms in total. The molecule has 0 saturated carbocycles. The number of tetrazole rings is 1. The van der Waals surface area contributed by atoms with Crippen LogP contribution in [0.15, 0.2) is 49.1 Å². The van der Waals surface area contributed by atoms with E-state index in [1.165, 1.54) is 0 Å². The number of nitrogens with one attached hydrogen (secondary N) is 1. The lowest BCUT2D eigenvalue weighted by Gasteiger charge is -2.13. The first-order valence-electron chi connectivity index (χ1n) is 8.45. The molecule has 0 aliphatic rings. The molecule has 0 fully saturated rings. The summed E-state index contributed by atoms with van der Waals surface area (Å²) in [5, 5.41) is 15.8. The minimum Gasteiger partial charge on any atom is -0.493 e. The number of hydrogen-bond donors (Lipinski definition) is 1. The van der Waals surface area contributed by atoms with Crippen LogP contribution in [-0.4, -0.2) is 27.3 Å². The molecular formula is C19H19Cl2N5O2. The van der Waals surface area contributed by atoms with Crippen molar-refractivity contribution < 1.29 is 9.47 Å². The van der Waals surface area contributed by atoms with Gasteiger partial charge in [-0.25, -0.2) is 4.68 Å². The Labute approximate surface area is 172 Å². The normalized spacial score (nSPS) is 10.5. The highest BCUT2D eigenvalue weighted by Gasteiger charge is 2.09. The molecule has 1 N–H and O–H groups in total.